The van der Waals surface area contributed by atoms with E-state index in [1.165, 1.54) is 16.7 Å². The van der Waals surface area contributed by atoms with E-state index in [0.717, 1.165) is 64.9 Å². The molecule has 2 N–H and O–H groups in total. The summed E-state index contributed by atoms with van der Waals surface area (Å²) in [7, 11) is 0. The molecule has 2 saturated heterocycles. The monoisotopic (exact) mass is 636 g/mol. The first-order chi connectivity index (χ1) is 17.3. The minimum atomic E-state index is -0.0252. The van der Waals surface area contributed by atoms with Crippen LogP contribution in [0.2, 0.25) is 5.02 Å². The molecular formula is C27H31Br2ClN4O2. The number of pyridine rings is 1. The van der Waals surface area contributed by atoms with Crippen LogP contribution in [0.5, 0.6) is 0 Å². The number of aromatic nitrogens is 1. The first-order valence-electron chi connectivity index (χ1n) is 12.7. The Labute approximate surface area is 234 Å². The van der Waals surface area contributed by atoms with Gasteiger partial charge in [-0.25, -0.2) is 0 Å². The topological polar surface area (TPSA) is 79.5 Å². The van der Waals surface area contributed by atoms with E-state index < -0.39 is 0 Å². The molecule has 2 atom stereocenters. The van der Waals surface area contributed by atoms with Crippen LogP contribution >= 0.6 is 43.5 Å². The number of likely N-dealkylation sites (tertiary alicyclic amines) is 2. The lowest BCUT2D eigenvalue weighted by Crippen LogP contribution is -2.41. The summed E-state index contributed by atoms with van der Waals surface area (Å²) in [5.41, 5.74) is 10.5. The van der Waals surface area contributed by atoms with Crippen molar-refractivity contribution in [3.05, 3.63) is 60.7 Å². The minimum Gasteiger partial charge on any atom is -0.343 e. The Hall–Kier alpha value is -1.48. The first kappa shape index (κ1) is 26.1. The molecule has 1 aromatic heterocycles. The second-order valence-corrected chi connectivity index (χ2v) is 12.5. The van der Waals surface area contributed by atoms with Crippen molar-refractivity contribution >= 4 is 55.3 Å². The van der Waals surface area contributed by atoms with Crippen LogP contribution in [0.3, 0.4) is 0 Å². The van der Waals surface area contributed by atoms with Crippen LogP contribution in [-0.2, 0) is 22.4 Å². The number of amides is 2. The van der Waals surface area contributed by atoms with Gasteiger partial charge in [0.25, 0.3) is 0 Å². The van der Waals surface area contributed by atoms with Gasteiger partial charge >= 0.3 is 0 Å². The molecule has 6 nitrogen and oxygen atoms in total. The standard InChI is InChI=1S/C27H31Br2ClN4O2/c28-20-10-19-2-1-18-11-21(30)12-22(29)25(18)26(27(19)32-14-20)17-4-7-33(8-5-17)23(35)9-16-3-6-34(15-16)24(36)13-31/h10-12,14,16-17,26H,1-9,13,15,31H2/t16-,26?/m0/s1. The van der Waals surface area contributed by atoms with Crippen molar-refractivity contribution in [2.45, 2.75) is 44.4 Å². The molecule has 2 aliphatic heterocycles. The van der Waals surface area contributed by atoms with Gasteiger partial charge < -0.3 is 15.5 Å². The number of benzene rings is 1. The number of carbonyl (C=O) groups is 2. The summed E-state index contributed by atoms with van der Waals surface area (Å²) in [5, 5.41) is 0.749. The molecule has 0 bridgehead atoms. The third-order valence-electron chi connectivity index (χ3n) is 8.06. The normalized spacial score (nSPS) is 22.2. The molecular weight excluding hydrogens is 608 g/mol. The Morgan fingerprint density at radius 2 is 1.72 bits per heavy atom. The molecule has 1 unspecified atom stereocenters. The number of hydrogen-bond donors (Lipinski definition) is 1. The zero-order valence-electron chi connectivity index (χ0n) is 20.2. The minimum absolute atomic E-state index is 0.0252. The summed E-state index contributed by atoms with van der Waals surface area (Å²) in [6.07, 6.45) is 7.02. The molecule has 36 heavy (non-hydrogen) atoms. The second kappa shape index (κ2) is 11.1. The van der Waals surface area contributed by atoms with E-state index in [4.69, 9.17) is 22.3 Å². The number of halogens is 3. The molecule has 2 fully saturated rings. The molecule has 1 aromatic carbocycles. The zero-order valence-corrected chi connectivity index (χ0v) is 24.1. The summed E-state index contributed by atoms with van der Waals surface area (Å²) >= 11 is 13.9. The lowest BCUT2D eigenvalue weighted by atomic mass is 9.76. The summed E-state index contributed by atoms with van der Waals surface area (Å²) in [4.78, 5) is 33.7. The molecule has 0 spiro atoms. The van der Waals surface area contributed by atoms with Gasteiger partial charge in [-0.15, -0.1) is 0 Å². The molecule has 3 heterocycles. The van der Waals surface area contributed by atoms with Crippen LogP contribution in [0, 0.1) is 11.8 Å². The van der Waals surface area contributed by atoms with Crippen LogP contribution in [0.25, 0.3) is 0 Å². The largest absolute Gasteiger partial charge is 0.343 e. The Morgan fingerprint density at radius 3 is 2.47 bits per heavy atom. The molecule has 0 saturated carbocycles. The predicted octanol–water partition coefficient (Wildman–Crippen LogP) is 4.93. The zero-order chi connectivity index (χ0) is 25.4. The van der Waals surface area contributed by atoms with Gasteiger partial charge in [0, 0.05) is 58.7 Å². The van der Waals surface area contributed by atoms with Crippen LogP contribution < -0.4 is 5.73 Å². The van der Waals surface area contributed by atoms with Gasteiger partial charge in [0.2, 0.25) is 11.8 Å². The Bertz CT molecular complexity index is 1170. The van der Waals surface area contributed by atoms with Crippen LogP contribution in [-0.4, -0.2) is 59.3 Å². The van der Waals surface area contributed by atoms with Gasteiger partial charge in [-0.2, -0.15) is 0 Å². The van der Waals surface area contributed by atoms with E-state index in [0.29, 0.717) is 25.4 Å². The molecule has 2 aromatic rings. The van der Waals surface area contributed by atoms with Gasteiger partial charge in [0.15, 0.2) is 0 Å². The fourth-order valence-electron chi connectivity index (χ4n) is 6.24. The number of piperidine rings is 1. The Balaban J connectivity index is 1.31. The molecule has 0 radical (unpaired) electrons. The fourth-order valence-corrected chi connectivity index (χ4v) is 7.74. The van der Waals surface area contributed by atoms with Crippen molar-refractivity contribution in [2.75, 3.05) is 32.7 Å². The lowest BCUT2D eigenvalue weighted by molar-refractivity contribution is -0.134. The van der Waals surface area contributed by atoms with Crippen molar-refractivity contribution in [1.82, 2.24) is 14.8 Å². The van der Waals surface area contributed by atoms with Gasteiger partial charge in [-0.3, -0.25) is 14.6 Å². The smallest absolute Gasteiger partial charge is 0.236 e. The van der Waals surface area contributed by atoms with Crippen molar-refractivity contribution in [1.29, 1.82) is 0 Å². The number of rotatable bonds is 4. The predicted molar refractivity (Wildman–Crippen MR) is 148 cm³/mol. The van der Waals surface area contributed by atoms with E-state index in [1.807, 2.05) is 17.2 Å². The van der Waals surface area contributed by atoms with Crippen LogP contribution in [0.1, 0.15) is 54.0 Å². The molecule has 2 amide bonds. The third-order valence-corrected chi connectivity index (χ3v) is 9.37. The van der Waals surface area contributed by atoms with Gasteiger partial charge in [-0.1, -0.05) is 27.5 Å². The van der Waals surface area contributed by atoms with Crippen molar-refractivity contribution in [3.8, 4) is 0 Å². The van der Waals surface area contributed by atoms with Gasteiger partial charge in [0.1, 0.15) is 0 Å². The van der Waals surface area contributed by atoms with E-state index in [1.54, 1.807) is 4.90 Å². The fraction of sp³-hybridized carbons (Fsp3) is 0.519. The van der Waals surface area contributed by atoms with E-state index in [-0.39, 0.29) is 30.2 Å². The summed E-state index contributed by atoms with van der Waals surface area (Å²) in [6.45, 7) is 2.90. The summed E-state index contributed by atoms with van der Waals surface area (Å²) in [6, 6.07) is 6.31. The number of hydrogen-bond acceptors (Lipinski definition) is 4. The maximum Gasteiger partial charge on any atom is 0.236 e. The highest BCUT2D eigenvalue weighted by atomic mass is 79.9. The number of aryl methyl sites for hydroxylation is 2. The molecule has 9 heteroatoms. The average Bonchev–Trinajstić information content (AvgIpc) is 3.26. The van der Waals surface area contributed by atoms with Crippen LogP contribution in [0.4, 0.5) is 0 Å². The Morgan fingerprint density at radius 1 is 1.00 bits per heavy atom. The molecule has 1 aliphatic carbocycles. The maximum absolute atomic E-state index is 13.1. The SMILES string of the molecule is NCC(=O)N1CC[C@@H](CC(=O)N2CCC(C3c4ncc(Br)cc4CCc4cc(Cl)cc(Br)c43)CC2)C1. The highest BCUT2D eigenvalue weighted by Crippen LogP contribution is 2.46. The average molecular weight is 639 g/mol. The Kier molecular flexibility index (Phi) is 8.06. The summed E-state index contributed by atoms with van der Waals surface area (Å²) < 4.78 is 2.05. The van der Waals surface area contributed by atoms with E-state index in [9.17, 15) is 9.59 Å². The highest BCUT2D eigenvalue weighted by molar-refractivity contribution is 9.10. The molecule has 5 rings (SSSR count). The molecule has 192 valence electrons. The summed E-state index contributed by atoms with van der Waals surface area (Å²) in [5.74, 6) is 0.967. The maximum atomic E-state index is 13.1. The van der Waals surface area contributed by atoms with Gasteiger partial charge in [-0.05, 0) is 94.8 Å². The number of nitrogens with zero attached hydrogens (tertiary/aromatic N) is 3. The quantitative estimate of drug-likeness (QED) is 0.516. The number of fused-ring (bicyclic) bond motifs is 2. The third kappa shape index (κ3) is 5.38. The second-order valence-electron chi connectivity index (χ2n) is 10.3. The van der Waals surface area contributed by atoms with Crippen molar-refractivity contribution < 1.29 is 9.59 Å². The van der Waals surface area contributed by atoms with Crippen molar-refractivity contribution in [3.63, 3.8) is 0 Å². The lowest BCUT2D eigenvalue weighted by Gasteiger charge is -2.37. The van der Waals surface area contributed by atoms with E-state index in [2.05, 4.69) is 44.0 Å². The van der Waals surface area contributed by atoms with E-state index >= 15 is 0 Å². The number of carbonyl (C=O) groups excluding carboxylic acids is 2. The van der Waals surface area contributed by atoms with Gasteiger partial charge in [0.05, 0.1) is 12.2 Å². The first-order valence-corrected chi connectivity index (χ1v) is 14.7. The number of nitrogens with two attached hydrogens (primary N) is 1. The molecule has 3 aliphatic rings. The van der Waals surface area contributed by atoms with Crippen molar-refractivity contribution in [2.24, 2.45) is 17.6 Å². The van der Waals surface area contributed by atoms with Crippen LogP contribution in [0.15, 0.2) is 33.3 Å². The highest BCUT2D eigenvalue weighted by Gasteiger charge is 2.37.